The molecule has 4 heteroatoms. The fourth-order valence-electron chi connectivity index (χ4n) is 0.619. The molecule has 2 heterocycles. The lowest BCUT2D eigenvalue weighted by atomic mass is 10.8. The topological polar surface area (TPSA) is 24.8 Å². The number of thioether (sulfide) groups is 1. The maximum absolute atomic E-state index is 4.87. The first-order valence-electron chi connectivity index (χ1n) is 2.26. The highest BCUT2D eigenvalue weighted by molar-refractivity contribution is 8.02. The molecule has 1 unspecified atom stereocenters. The largest absolute Gasteiger partial charge is 0.357 e. The van der Waals surface area contributed by atoms with Gasteiger partial charge in [-0.05, 0) is 5.41 Å². The Morgan fingerprint density at radius 3 is 3.62 bits per heavy atom. The van der Waals surface area contributed by atoms with Crippen LogP contribution in [-0.2, 0) is 4.84 Å². The van der Waals surface area contributed by atoms with Crippen LogP contribution in [-0.4, -0.2) is 16.8 Å². The van der Waals surface area contributed by atoms with Gasteiger partial charge in [-0.15, -0.1) is 0 Å². The van der Waals surface area contributed by atoms with E-state index in [0.29, 0.717) is 0 Å². The van der Waals surface area contributed by atoms with E-state index >= 15 is 0 Å². The maximum Gasteiger partial charge on any atom is 0.256 e. The molecule has 0 spiro atoms. The molecule has 2 rings (SSSR count). The third-order valence-corrected chi connectivity index (χ3v) is 1.84. The summed E-state index contributed by atoms with van der Waals surface area (Å²) in [5, 5.41) is 5.58. The van der Waals surface area contributed by atoms with Gasteiger partial charge in [0.25, 0.3) is 5.56 Å². The predicted molar refractivity (Wildman–Crippen MR) is 31.9 cm³/mol. The summed E-state index contributed by atoms with van der Waals surface area (Å²) in [6, 6.07) is 0. The Kier molecular flexibility index (Phi) is 0.754. The predicted octanol–water partition coefficient (Wildman–Crippen LogP) is 0.764. The van der Waals surface area contributed by atoms with E-state index in [1.54, 1.807) is 18.1 Å². The summed E-state index contributed by atoms with van der Waals surface area (Å²) in [5.74, 6) is 0. The van der Waals surface area contributed by atoms with Gasteiger partial charge in [-0.1, -0.05) is 16.9 Å². The highest BCUT2D eigenvalue weighted by Crippen LogP contribution is 2.27. The third-order valence-electron chi connectivity index (χ3n) is 1.00. The number of fused-ring (bicyclic) bond motifs is 1. The summed E-state index contributed by atoms with van der Waals surface area (Å²) in [7, 11) is 0. The van der Waals surface area contributed by atoms with Crippen molar-refractivity contribution in [3.05, 3.63) is 11.6 Å². The van der Waals surface area contributed by atoms with Gasteiger partial charge >= 0.3 is 0 Å². The van der Waals surface area contributed by atoms with Crippen molar-refractivity contribution < 1.29 is 4.84 Å². The van der Waals surface area contributed by atoms with Crippen molar-refractivity contribution in [1.29, 1.82) is 0 Å². The fourth-order valence-corrected chi connectivity index (χ4v) is 1.33. The molecule has 0 saturated carbocycles. The zero-order chi connectivity index (χ0) is 5.40. The molecule has 2 aliphatic heterocycles. The third kappa shape index (κ3) is 0.432. The van der Waals surface area contributed by atoms with E-state index in [1.807, 2.05) is 16.5 Å². The highest BCUT2D eigenvalue weighted by atomic mass is 32.2. The van der Waals surface area contributed by atoms with Gasteiger partial charge in [0, 0.05) is 6.20 Å². The van der Waals surface area contributed by atoms with Crippen molar-refractivity contribution in [2.24, 2.45) is 5.16 Å². The average molecular weight is 128 g/mol. The van der Waals surface area contributed by atoms with Crippen LogP contribution >= 0.6 is 11.8 Å². The number of rotatable bonds is 0. The second-order valence-corrected chi connectivity index (χ2v) is 2.45. The van der Waals surface area contributed by atoms with Crippen LogP contribution in [0.1, 0.15) is 0 Å². The van der Waals surface area contributed by atoms with E-state index < -0.39 is 0 Å². The van der Waals surface area contributed by atoms with Gasteiger partial charge in [0.15, 0.2) is 0 Å². The first kappa shape index (κ1) is 4.26. The molecule has 0 saturated heterocycles. The summed E-state index contributed by atoms with van der Waals surface area (Å²) in [5.41, 5.74) is 0.0926. The van der Waals surface area contributed by atoms with Crippen molar-refractivity contribution in [2.45, 2.75) is 5.56 Å². The molecule has 0 aromatic heterocycles. The minimum absolute atomic E-state index is 0.0926. The van der Waals surface area contributed by atoms with Crippen molar-refractivity contribution >= 4 is 18.1 Å². The van der Waals surface area contributed by atoms with Gasteiger partial charge in [-0.2, -0.15) is 0 Å². The van der Waals surface area contributed by atoms with Crippen molar-refractivity contribution in [3.63, 3.8) is 0 Å². The van der Waals surface area contributed by atoms with Crippen molar-refractivity contribution in [3.8, 4) is 0 Å². The zero-order valence-corrected chi connectivity index (χ0v) is 4.84. The first-order chi connectivity index (χ1) is 3.97. The maximum atomic E-state index is 4.87. The Morgan fingerprint density at radius 1 is 1.75 bits per heavy atom. The summed E-state index contributed by atoms with van der Waals surface area (Å²) in [6.45, 7) is 0. The number of hydrogen-bond donors (Lipinski definition) is 0. The Balaban J connectivity index is 2.22. The van der Waals surface area contributed by atoms with E-state index in [0.717, 1.165) is 0 Å². The van der Waals surface area contributed by atoms with Crippen LogP contribution in [0.3, 0.4) is 0 Å². The van der Waals surface area contributed by atoms with Gasteiger partial charge in [0.2, 0.25) is 0 Å². The molecule has 0 aromatic carbocycles. The summed E-state index contributed by atoms with van der Waals surface area (Å²) in [4.78, 5) is 6.78. The molecule has 0 radical (unpaired) electrons. The van der Waals surface area contributed by atoms with E-state index in [2.05, 4.69) is 5.16 Å². The van der Waals surface area contributed by atoms with E-state index in [-0.39, 0.29) is 5.56 Å². The monoisotopic (exact) mass is 128 g/mol. The van der Waals surface area contributed by atoms with Gasteiger partial charge < -0.3 is 4.84 Å². The molecule has 0 bridgehead atoms. The van der Waals surface area contributed by atoms with Gasteiger partial charge in [-0.25, -0.2) is 0 Å². The molecule has 0 amide bonds. The number of oxime groups is 1. The molecular formula is C4H4N2OS. The molecule has 0 aliphatic carbocycles. The molecule has 42 valence electrons. The smallest absolute Gasteiger partial charge is 0.256 e. The Bertz CT molecular complexity index is 140. The summed E-state index contributed by atoms with van der Waals surface area (Å²) in [6.07, 6.45) is 3.60. The minimum atomic E-state index is 0.0926. The minimum Gasteiger partial charge on any atom is -0.357 e. The van der Waals surface area contributed by atoms with E-state index in [1.165, 1.54) is 0 Å². The quantitative estimate of drug-likeness (QED) is 0.481. The standard InChI is InChI=1S/C4H4N2OS/c1-2-8-4-6(1)3-5-7-4/h1-4H. The molecule has 2 aliphatic rings. The van der Waals surface area contributed by atoms with Crippen LogP contribution in [0.2, 0.25) is 0 Å². The second kappa shape index (κ2) is 1.42. The van der Waals surface area contributed by atoms with Gasteiger partial charge in [-0.3, -0.25) is 4.90 Å². The normalized spacial score (nSPS) is 31.0. The Hall–Kier alpha value is -0.640. The lowest BCUT2D eigenvalue weighted by Crippen LogP contribution is -2.17. The zero-order valence-electron chi connectivity index (χ0n) is 4.02. The summed E-state index contributed by atoms with van der Waals surface area (Å²) < 4.78 is 0. The molecule has 3 nitrogen and oxygen atoms in total. The van der Waals surface area contributed by atoms with Crippen LogP contribution in [0.25, 0.3) is 0 Å². The highest BCUT2D eigenvalue weighted by Gasteiger charge is 2.23. The van der Waals surface area contributed by atoms with Crippen LogP contribution in [0.5, 0.6) is 0 Å². The lowest BCUT2D eigenvalue weighted by molar-refractivity contribution is 0.101. The molecule has 0 aromatic rings. The molecule has 0 N–H and O–H groups in total. The SMILES string of the molecule is C1=CN2C=NOC2S1. The van der Waals surface area contributed by atoms with Gasteiger partial charge in [0.1, 0.15) is 6.34 Å². The Morgan fingerprint density at radius 2 is 2.75 bits per heavy atom. The lowest BCUT2D eigenvalue weighted by Gasteiger charge is -2.07. The fraction of sp³-hybridized carbons (Fsp3) is 0.250. The van der Waals surface area contributed by atoms with Crippen molar-refractivity contribution in [2.75, 3.05) is 0 Å². The number of hydrogen-bond acceptors (Lipinski definition) is 4. The summed E-state index contributed by atoms with van der Waals surface area (Å²) >= 11 is 1.61. The van der Waals surface area contributed by atoms with E-state index in [4.69, 9.17) is 4.84 Å². The van der Waals surface area contributed by atoms with Crippen LogP contribution in [0, 0.1) is 0 Å². The molecular weight excluding hydrogens is 124 g/mol. The van der Waals surface area contributed by atoms with E-state index in [9.17, 15) is 0 Å². The second-order valence-electron chi connectivity index (χ2n) is 1.50. The van der Waals surface area contributed by atoms with Crippen molar-refractivity contribution in [1.82, 2.24) is 4.90 Å². The first-order valence-corrected chi connectivity index (χ1v) is 3.20. The number of nitrogens with zero attached hydrogens (tertiary/aromatic N) is 2. The molecule has 1 atom stereocenters. The average Bonchev–Trinajstić information content (AvgIpc) is 2.15. The Labute approximate surface area is 51.0 Å². The van der Waals surface area contributed by atoms with Crippen LogP contribution < -0.4 is 0 Å². The molecule has 8 heavy (non-hydrogen) atoms. The van der Waals surface area contributed by atoms with Crippen LogP contribution in [0.15, 0.2) is 16.8 Å². The van der Waals surface area contributed by atoms with Crippen LogP contribution in [0.4, 0.5) is 0 Å². The molecule has 0 fully saturated rings. The van der Waals surface area contributed by atoms with Gasteiger partial charge in [0.05, 0.1) is 0 Å².